The highest BCUT2D eigenvalue weighted by Gasteiger charge is 2.36. The molecule has 6 nitrogen and oxygen atoms in total. The van der Waals surface area contributed by atoms with Gasteiger partial charge in [-0.25, -0.2) is 4.79 Å². The average Bonchev–Trinajstić information content (AvgIpc) is 3.17. The van der Waals surface area contributed by atoms with Gasteiger partial charge in [0, 0.05) is 30.0 Å². The normalized spacial score (nSPS) is 21.5. The van der Waals surface area contributed by atoms with Gasteiger partial charge in [-0.2, -0.15) is 0 Å². The molecule has 2 aliphatic heterocycles. The van der Waals surface area contributed by atoms with Gasteiger partial charge in [-0.05, 0) is 29.8 Å². The zero-order valence-electron chi connectivity index (χ0n) is 12.6. The minimum Gasteiger partial charge on any atom is -0.489 e. The smallest absolute Gasteiger partial charge is 0.374 e. The molecule has 2 atom stereocenters. The van der Waals surface area contributed by atoms with Crippen LogP contribution in [-0.2, 0) is 12.8 Å². The lowest BCUT2D eigenvalue weighted by Crippen LogP contribution is -2.07. The molecule has 2 aromatic rings. The molecule has 0 bridgehead atoms. The number of carboxylic acid groups (broad SMARTS) is 1. The molecule has 2 aliphatic rings. The van der Waals surface area contributed by atoms with Crippen molar-refractivity contribution in [1.82, 2.24) is 5.16 Å². The lowest BCUT2D eigenvalue weighted by atomic mass is 9.96. The second-order valence-corrected chi connectivity index (χ2v) is 6.74. The molecule has 4 rings (SSSR count). The minimum absolute atomic E-state index is 0.0471. The number of halogens is 1. The predicted molar refractivity (Wildman–Crippen MR) is 84.2 cm³/mol. The van der Waals surface area contributed by atoms with E-state index in [0.29, 0.717) is 12.1 Å². The van der Waals surface area contributed by atoms with E-state index in [4.69, 9.17) is 19.1 Å². The van der Waals surface area contributed by atoms with E-state index in [1.807, 2.05) is 13.8 Å². The Morgan fingerprint density at radius 3 is 2.52 bits per heavy atom. The van der Waals surface area contributed by atoms with Crippen molar-refractivity contribution in [2.24, 2.45) is 0 Å². The highest BCUT2D eigenvalue weighted by Crippen LogP contribution is 2.52. The molecule has 0 radical (unpaired) electrons. The molecular formula is C16H14BrNO5. The van der Waals surface area contributed by atoms with E-state index in [1.165, 1.54) is 6.07 Å². The summed E-state index contributed by atoms with van der Waals surface area (Å²) < 4.78 is 17.8. The Labute approximate surface area is 140 Å². The first-order valence-electron chi connectivity index (χ1n) is 7.36. The molecule has 7 heteroatoms. The van der Waals surface area contributed by atoms with Crippen LogP contribution in [-0.4, -0.2) is 28.4 Å². The number of carboxylic acids is 1. The Balaban J connectivity index is 1.97. The van der Waals surface area contributed by atoms with Gasteiger partial charge in [0.1, 0.15) is 29.4 Å². The molecule has 0 saturated carbocycles. The Hall–Kier alpha value is -2.02. The molecule has 2 unspecified atom stereocenters. The number of benzene rings is 1. The summed E-state index contributed by atoms with van der Waals surface area (Å²) >= 11 is 3.63. The number of rotatable bonds is 2. The molecule has 0 saturated heterocycles. The van der Waals surface area contributed by atoms with E-state index < -0.39 is 5.97 Å². The van der Waals surface area contributed by atoms with Crippen LogP contribution in [0.4, 0.5) is 0 Å². The van der Waals surface area contributed by atoms with E-state index in [0.717, 1.165) is 39.1 Å². The fraction of sp³-hybridized carbons (Fsp3) is 0.375. The maximum Gasteiger partial charge on any atom is 0.374 e. The predicted octanol–water partition coefficient (Wildman–Crippen LogP) is 3.45. The number of carbonyl (C=O) groups is 1. The van der Waals surface area contributed by atoms with Crippen molar-refractivity contribution in [1.29, 1.82) is 0 Å². The number of hydrogen-bond acceptors (Lipinski definition) is 5. The second kappa shape index (κ2) is 4.99. The third-order valence-corrected chi connectivity index (χ3v) is 4.98. The fourth-order valence-corrected chi connectivity index (χ4v) is 3.90. The molecule has 0 aliphatic carbocycles. The minimum atomic E-state index is -1.15. The number of nitrogens with zero attached hydrogens (tertiary/aromatic N) is 1. The summed E-state index contributed by atoms with van der Waals surface area (Å²) in [6.07, 6.45) is 1.57. The molecule has 0 spiro atoms. The van der Waals surface area contributed by atoms with Gasteiger partial charge in [0.05, 0.1) is 10.0 Å². The average molecular weight is 380 g/mol. The summed E-state index contributed by atoms with van der Waals surface area (Å²) in [5, 5.41) is 13.0. The van der Waals surface area contributed by atoms with E-state index in [-0.39, 0.29) is 18.0 Å². The van der Waals surface area contributed by atoms with Crippen molar-refractivity contribution in [2.75, 3.05) is 0 Å². The topological polar surface area (TPSA) is 81.8 Å². The summed E-state index contributed by atoms with van der Waals surface area (Å²) in [7, 11) is 0. The molecule has 0 amide bonds. The molecule has 3 heterocycles. The van der Waals surface area contributed by atoms with Crippen LogP contribution in [0.5, 0.6) is 11.5 Å². The van der Waals surface area contributed by atoms with Gasteiger partial charge in [0.25, 0.3) is 0 Å². The Morgan fingerprint density at radius 2 is 1.87 bits per heavy atom. The maximum atomic E-state index is 11.1. The molecule has 1 N–H and O–H groups in total. The zero-order valence-corrected chi connectivity index (χ0v) is 14.1. The molecule has 23 heavy (non-hydrogen) atoms. The number of ether oxygens (including phenoxy) is 2. The Morgan fingerprint density at radius 1 is 1.22 bits per heavy atom. The lowest BCUT2D eigenvalue weighted by molar-refractivity contribution is 0.0652. The summed E-state index contributed by atoms with van der Waals surface area (Å²) in [5.41, 5.74) is 3.25. The van der Waals surface area contributed by atoms with Gasteiger partial charge >= 0.3 is 5.97 Å². The van der Waals surface area contributed by atoms with Gasteiger partial charge in [0.2, 0.25) is 5.76 Å². The van der Waals surface area contributed by atoms with E-state index >= 15 is 0 Å². The van der Waals surface area contributed by atoms with E-state index in [9.17, 15) is 4.79 Å². The molecular weight excluding hydrogens is 366 g/mol. The summed E-state index contributed by atoms with van der Waals surface area (Å²) in [6.45, 7) is 3.99. The number of aromatic carboxylic acids is 1. The number of aromatic nitrogens is 1. The van der Waals surface area contributed by atoms with Crippen LogP contribution in [0.1, 0.15) is 35.5 Å². The largest absolute Gasteiger partial charge is 0.489 e. The third-order valence-electron chi connectivity index (χ3n) is 4.14. The first kappa shape index (κ1) is 14.6. The van der Waals surface area contributed by atoms with Crippen LogP contribution in [0, 0.1) is 0 Å². The zero-order chi connectivity index (χ0) is 16.3. The summed E-state index contributed by atoms with van der Waals surface area (Å²) in [5.74, 6) is 0.200. The summed E-state index contributed by atoms with van der Waals surface area (Å²) in [4.78, 5) is 11.1. The van der Waals surface area contributed by atoms with Gasteiger partial charge in [-0.3, -0.25) is 0 Å². The first-order valence-corrected chi connectivity index (χ1v) is 8.16. The maximum absolute atomic E-state index is 11.1. The lowest BCUT2D eigenvalue weighted by Gasteiger charge is -2.13. The van der Waals surface area contributed by atoms with Gasteiger partial charge in [0.15, 0.2) is 0 Å². The van der Waals surface area contributed by atoms with Crippen molar-refractivity contribution in [3.63, 3.8) is 0 Å². The van der Waals surface area contributed by atoms with Crippen LogP contribution in [0.3, 0.4) is 0 Å². The molecule has 0 fully saturated rings. The van der Waals surface area contributed by atoms with Crippen LogP contribution in [0.2, 0.25) is 0 Å². The molecule has 1 aromatic carbocycles. The number of hydrogen-bond donors (Lipinski definition) is 1. The van der Waals surface area contributed by atoms with Gasteiger partial charge < -0.3 is 19.1 Å². The van der Waals surface area contributed by atoms with Crippen molar-refractivity contribution in [2.45, 2.75) is 38.9 Å². The SMILES string of the molecule is CC1Cc2c(c(Br)c3c(c2-c2cc(C(=O)O)on2)OC(C)C3)O1. The van der Waals surface area contributed by atoms with Gasteiger partial charge in [-0.1, -0.05) is 5.16 Å². The van der Waals surface area contributed by atoms with Crippen LogP contribution < -0.4 is 9.47 Å². The van der Waals surface area contributed by atoms with Gasteiger partial charge in [-0.15, -0.1) is 0 Å². The molecule has 120 valence electrons. The standard InChI is InChI=1S/C16H14BrNO5/c1-6-3-8-12(10-5-11(16(19)20)23-18-10)14-9(4-7(2)21-14)13(17)15(8)22-6/h5-7H,3-4H2,1-2H3,(H,19,20). The summed E-state index contributed by atoms with van der Waals surface area (Å²) in [6, 6.07) is 1.43. The van der Waals surface area contributed by atoms with Crippen molar-refractivity contribution < 1.29 is 23.9 Å². The highest BCUT2D eigenvalue weighted by molar-refractivity contribution is 9.10. The van der Waals surface area contributed by atoms with Crippen LogP contribution in [0.15, 0.2) is 15.1 Å². The number of fused-ring (bicyclic) bond motifs is 2. The Bertz CT molecular complexity index is 789. The second-order valence-electron chi connectivity index (χ2n) is 5.95. The van der Waals surface area contributed by atoms with E-state index in [1.54, 1.807) is 0 Å². The van der Waals surface area contributed by atoms with Crippen molar-refractivity contribution >= 4 is 21.9 Å². The Kier molecular flexibility index (Phi) is 3.16. The monoisotopic (exact) mass is 379 g/mol. The van der Waals surface area contributed by atoms with Crippen LogP contribution in [0.25, 0.3) is 11.3 Å². The van der Waals surface area contributed by atoms with Crippen molar-refractivity contribution in [3.8, 4) is 22.8 Å². The quantitative estimate of drug-likeness (QED) is 0.860. The first-order chi connectivity index (χ1) is 11.0. The third kappa shape index (κ3) is 2.14. The van der Waals surface area contributed by atoms with Crippen LogP contribution >= 0.6 is 15.9 Å². The highest BCUT2D eigenvalue weighted by atomic mass is 79.9. The van der Waals surface area contributed by atoms with Crippen molar-refractivity contribution in [3.05, 3.63) is 27.4 Å². The fourth-order valence-electron chi connectivity index (χ4n) is 3.23. The molecule has 1 aromatic heterocycles. The van der Waals surface area contributed by atoms with E-state index in [2.05, 4.69) is 21.1 Å².